The van der Waals surface area contributed by atoms with E-state index in [9.17, 15) is 14.4 Å². The summed E-state index contributed by atoms with van der Waals surface area (Å²) in [5.74, 6) is 0.544. The van der Waals surface area contributed by atoms with Gasteiger partial charge >= 0.3 is 6.03 Å². The summed E-state index contributed by atoms with van der Waals surface area (Å²) in [6, 6.07) is 4.89. The van der Waals surface area contributed by atoms with E-state index in [0.717, 1.165) is 29.7 Å². The molecule has 4 rings (SSSR count). The number of nitrogens with zero attached hydrogens (tertiary/aromatic N) is 1. The molecular weight excluding hydrogens is 386 g/mol. The highest BCUT2D eigenvalue weighted by atomic mass is 16.7. The Balaban J connectivity index is 1.32. The molecule has 4 amide bonds. The normalized spacial score (nSPS) is 22.7. The number of ether oxygens (including phenoxy) is 2. The maximum absolute atomic E-state index is 12.9. The fraction of sp³-hybridized carbons (Fsp3) is 0.500. The number of imide groups is 1. The van der Waals surface area contributed by atoms with Gasteiger partial charge in [0.1, 0.15) is 12.1 Å². The molecule has 0 unspecified atom stereocenters. The van der Waals surface area contributed by atoms with Gasteiger partial charge in [-0.15, -0.1) is 0 Å². The van der Waals surface area contributed by atoms with Crippen LogP contribution in [-0.4, -0.2) is 48.2 Å². The summed E-state index contributed by atoms with van der Waals surface area (Å²) in [6.45, 7) is 2.08. The zero-order valence-electron chi connectivity index (χ0n) is 17.2. The molecule has 1 fully saturated rings. The molecule has 1 aromatic rings. The average Bonchev–Trinajstić information content (AvgIpc) is 3.27. The molecular formula is C22H27N3O5. The van der Waals surface area contributed by atoms with Gasteiger partial charge < -0.3 is 20.1 Å². The molecule has 30 heavy (non-hydrogen) atoms. The zero-order chi connectivity index (χ0) is 21.1. The largest absolute Gasteiger partial charge is 0.454 e. The minimum absolute atomic E-state index is 0.173. The third-order valence-electron chi connectivity index (χ3n) is 5.79. The molecule has 1 aromatic carbocycles. The van der Waals surface area contributed by atoms with Crippen LogP contribution in [0.5, 0.6) is 11.5 Å². The van der Waals surface area contributed by atoms with Crippen LogP contribution in [-0.2, 0) is 16.0 Å². The quantitative estimate of drug-likeness (QED) is 0.528. The molecule has 8 heteroatoms. The lowest BCUT2D eigenvalue weighted by Crippen LogP contribution is -2.46. The van der Waals surface area contributed by atoms with Gasteiger partial charge in [-0.3, -0.25) is 14.5 Å². The summed E-state index contributed by atoms with van der Waals surface area (Å²) in [7, 11) is 0. The van der Waals surface area contributed by atoms with E-state index in [4.69, 9.17) is 9.47 Å². The maximum atomic E-state index is 12.9. The molecule has 0 saturated carbocycles. The molecule has 0 bridgehead atoms. The average molecular weight is 413 g/mol. The topological polar surface area (TPSA) is 97.0 Å². The van der Waals surface area contributed by atoms with Crippen molar-refractivity contribution in [2.75, 3.05) is 19.9 Å². The fourth-order valence-electron chi connectivity index (χ4n) is 4.16. The number of carbonyl (C=O) groups excluding carboxylic acids is 3. The molecule has 8 nitrogen and oxygen atoms in total. The number of urea groups is 1. The Morgan fingerprint density at radius 3 is 2.87 bits per heavy atom. The van der Waals surface area contributed by atoms with Gasteiger partial charge in [-0.2, -0.15) is 0 Å². The first-order valence-electron chi connectivity index (χ1n) is 10.4. The first-order chi connectivity index (χ1) is 14.4. The van der Waals surface area contributed by atoms with Crippen LogP contribution < -0.4 is 20.1 Å². The van der Waals surface area contributed by atoms with E-state index in [2.05, 4.69) is 16.7 Å². The van der Waals surface area contributed by atoms with Gasteiger partial charge in [0.25, 0.3) is 5.91 Å². The van der Waals surface area contributed by atoms with Gasteiger partial charge in [-0.25, -0.2) is 4.79 Å². The highest BCUT2D eigenvalue weighted by Gasteiger charge is 2.48. The predicted octanol–water partition coefficient (Wildman–Crippen LogP) is 2.28. The number of benzene rings is 1. The highest BCUT2D eigenvalue weighted by Crippen LogP contribution is 2.34. The van der Waals surface area contributed by atoms with Crippen molar-refractivity contribution < 1.29 is 23.9 Å². The maximum Gasteiger partial charge on any atom is 0.325 e. The fourth-order valence-corrected chi connectivity index (χ4v) is 4.16. The van der Waals surface area contributed by atoms with Gasteiger partial charge in [0.05, 0.1) is 0 Å². The highest BCUT2D eigenvalue weighted by molar-refractivity contribution is 6.08. The van der Waals surface area contributed by atoms with Crippen LogP contribution in [0.15, 0.2) is 29.8 Å². The monoisotopic (exact) mass is 413 g/mol. The number of hydrogen-bond donors (Lipinski definition) is 2. The number of amides is 4. The first kappa shape index (κ1) is 20.3. The van der Waals surface area contributed by atoms with Crippen LogP contribution >= 0.6 is 0 Å². The molecule has 3 aliphatic rings. The predicted molar refractivity (Wildman–Crippen MR) is 109 cm³/mol. The van der Waals surface area contributed by atoms with Gasteiger partial charge in [-0.05, 0) is 56.7 Å². The van der Waals surface area contributed by atoms with Crippen molar-refractivity contribution in [3.8, 4) is 11.5 Å². The van der Waals surface area contributed by atoms with Crippen molar-refractivity contribution in [1.82, 2.24) is 15.5 Å². The van der Waals surface area contributed by atoms with E-state index in [1.807, 2.05) is 12.1 Å². The SMILES string of the molecule is C[C@]1(Cc2ccc3c(c2)OCO3)NC(=O)N(CC(=O)NCCC2=CCCCC2)C1=O. The van der Waals surface area contributed by atoms with Crippen molar-refractivity contribution in [1.29, 1.82) is 0 Å². The summed E-state index contributed by atoms with van der Waals surface area (Å²) in [6.07, 6.45) is 7.97. The van der Waals surface area contributed by atoms with E-state index in [-0.39, 0.29) is 19.2 Å². The van der Waals surface area contributed by atoms with E-state index in [1.54, 1.807) is 13.0 Å². The van der Waals surface area contributed by atoms with Crippen LogP contribution in [0.3, 0.4) is 0 Å². The van der Waals surface area contributed by atoms with Crippen molar-refractivity contribution >= 4 is 17.8 Å². The van der Waals surface area contributed by atoms with Crippen LogP contribution in [0, 0.1) is 0 Å². The van der Waals surface area contributed by atoms with Crippen LogP contribution in [0.25, 0.3) is 0 Å². The number of rotatable bonds is 7. The summed E-state index contributed by atoms with van der Waals surface area (Å²) in [5.41, 5.74) is 1.09. The molecule has 0 spiro atoms. The molecule has 1 aliphatic carbocycles. The van der Waals surface area contributed by atoms with Crippen LogP contribution in [0.4, 0.5) is 4.79 Å². The first-order valence-corrected chi connectivity index (χ1v) is 10.4. The lowest BCUT2D eigenvalue weighted by molar-refractivity contribution is -0.134. The smallest absolute Gasteiger partial charge is 0.325 e. The Hall–Kier alpha value is -3.03. The number of nitrogens with one attached hydrogen (secondary N) is 2. The molecule has 0 radical (unpaired) electrons. The molecule has 0 aromatic heterocycles. The molecule has 2 heterocycles. The second-order valence-electron chi connectivity index (χ2n) is 8.23. The molecule has 160 valence electrons. The van der Waals surface area contributed by atoms with E-state index >= 15 is 0 Å². The second kappa shape index (κ2) is 8.38. The Bertz CT molecular complexity index is 897. The Morgan fingerprint density at radius 2 is 2.07 bits per heavy atom. The number of fused-ring (bicyclic) bond motifs is 1. The van der Waals surface area contributed by atoms with Crippen molar-refractivity contribution in [2.24, 2.45) is 0 Å². The number of allylic oxidation sites excluding steroid dienone is 1. The van der Waals surface area contributed by atoms with Gasteiger partial charge in [-0.1, -0.05) is 17.7 Å². The van der Waals surface area contributed by atoms with Gasteiger partial charge in [0.15, 0.2) is 11.5 Å². The zero-order valence-corrected chi connectivity index (χ0v) is 17.2. The summed E-state index contributed by atoms with van der Waals surface area (Å²) < 4.78 is 10.7. The van der Waals surface area contributed by atoms with Crippen molar-refractivity contribution in [2.45, 2.75) is 51.0 Å². The van der Waals surface area contributed by atoms with E-state index < -0.39 is 17.5 Å². The minimum Gasteiger partial charge on any atom is -0.454 e. The number of hydrogen-bond acceptors (Lipinski definition) is 5. The summed E-state index contributed by atoms with van der Waals surface area (Å²) in [5, 5.41) is 5.55. The second-order valence-corrected chi connectivity index (χ2v) is 8.23. The minimum atomic E-state index is -1.11. The summed E-state index contributed by atoms with van der Waals surface area (Å²) in [4.78, 5) is 38.6. The molecule has 1 atom stereocenters. The third kappa shape index (κ3) is 4.27. The molecule has 2 N–H and O–H groups in total. The third-order valence-corrected chi connectivity index (χ3v) is 5.79. The Morgan fingerprint density at radius 1 is 1.23 bits per heavy atom. The lowest BCUT2D eigenvalue weighted by Gasteiger charge is -2.22. The molecule has 1 saturated heterocycles. The lowest BCUT2D eigenvalue weighted by atomic mass is 9.92. The van der Waals surface area contributed by atoms with Crippen LogP contribution in [0.1, 0.15) is 44.6 Å². The molecule has 2 aliphatic heterocycles. The van der Waals surface area contributed by atoms with E-state index in [0.29, 0.717) is 24.5 Å². The van der Waals surface area contributed by atoms with Crippen molar-refractivity contribution in [3.05, 3.63) is 35.4 Å². The van der Waals surface area contributed by atoms with Gasteiger partial charge in [0, 0.05) is 13.0 Å². The Kier molecular flexibility index (Phi) is 5.65. The Labute approximate surface area is 175 Å². The summed E-state index contributed by atoms with van der Waals surface area (Å²) >= 11 is 0. The van der Waals surface area contributed by atoms with E-state index in [1.165, 1.54) is 18.4 Å². The van der Waals surface area contributed by atoms with Crippen LogP contribution in [0.2, 0.25) is 0 Å². The standard InChI is InChI=1S/C22H27N3O5/c1-22(12-16-7-8-17-18(11-16)30-14-29-17)20(27)25(21(28)24-22)13-19(26)23-10-9-15-5-3-2-4-6-15/h5,7-8,11H,2-4,6,9-10,12-14H2,1H3,(H,23,26)(H,24,28)/t22-/m1/s1. The van der Waals surface area contributed by atoms with Gasteiger partial charge in [0.2, 0.25) is 12.7 Å². The van der Waals surface area contributed by atoms with Crippen molar-refractivity contribution in [3.63, 3.8) is 0 Å². The number of carbonyl (C=O) groups is 3.